The van der Waals surface area contributed by atoms with Crippen molar-refractivity contribution in [2.45, 2.75) is 44.6 Å². The second-order valence-electron chi connectivity index (χ2n) is 4.42. The van der Waals surface area contributed by atoms with Crippen LogP contribution in [-0.4, -0.2) is 24.0 Å². The van der Waals surface area contributed by atoms with Crippen molar-refractivity contribution in [3.8, 4) is 0 Å². The highest BCUT2D eigenvalue weighted by atomic mass is 15.2. The summed E-state index contributed by atoms with van der Waals surface area (Å²) < 4.78 is 0. The third-order valence-corrected chi connectivity index (χ3v) is 3.47. The van der Waals surface area contributed by atoms with Gasteiger partial charge in [0.2, 0.25) is 0 Å². The molecule has 0 aromatic rings. The Morgan fingerprint density at radius 3 is 2.08 bits per heavy atom. The molecule has 1 heteroatoms. The highest BCUT2D eigenvalue weighted by Crippen LogP contribution is 2.28. The van der Waals surface area contributed by atoms with Gasteiger partial charge in [0.25, 0.3) is 0 Å². The molecule has 1 nitrogen and oxygen atoms in total. The maximum absolute atomic E-state index is 4.14. The summed E-state index contributed by atoms with van der Waals surface area (Å²) in [6.07, 6.45) is 8.42. The second-order valence-corrected chi connectivity index (χ2v) is 4.42. The van der Waals surface area contributed by atoms with Gasteiger partial charge in [-0.25, -0.2) is 0 Å². The Balaban J connectivity index is 1.80. The van der Waals surface area contributed by atoms with Crippen LogP contribution >= 0.6 is 0 Å². The zero-order valence-electron chi connectivity index (χ0n) is 7.97. The first-order chi connectivity index (χ1) is 5.86. The van der Waals surface area contributed by atoms with Gasteiger partial charge in [-0.05, 0) is 57.5 Å². The molecule has 1 heterocycles. The second kappa shape index (κ2) is 3.78. The quantitative estimate of drug-likeness (QED) is 0.578. The lowest BCUT2D eigenvalue weighted by molar-refractivity contribution is 0.176. The van der Waals surface area contributed by atoms with Crippen LogP contribution in [0.4, 0.5) is 0 Å². The summed E-state index contributed by atoms with van der Waals surface area (Å²) in [5.41, 5.74) is 0. The molecular formula is C11H20N. The minimum Gasteiger partial charge on any atom is -0.300 e. The van der Waals surface area contributed by atoms with E-state index in [-0.39, 0.29) is 0 Å². The van der Waals surface area contributed by atoms with Crippen molar-refractivity contribution >= 4 is 0 Å². The van der Waals surface area contributed by atoms with Crippen LogP contribution in [0.25, 0.3) is 0 Å². The van der Waals surface area contributed by atoms with Crippen molar-refractivity contribution in [3.63, 3.8) is 0 Å². The van der Waals surface area contributed by atoms with E-state index in [4.69, 9.17) is 0 Å². The standard InChI is InChI=1S/C11H20N/c1-10-4-6-11(7-5-10)12-8-2-3-9-12/h10-11H,1-9H2. The first-order valence-corrected chi connectivity index (χ1v) is 5.43. The molecule has 1 saturated carbocycles. The topological polar surface area (TPSA) is 3.24 Å². The molecule has 2 rings (SSSR count). The molecule has 1 aliphatic heterocycles. The molecule has 0 bridgehead atoms. The highest BCUT2D eigenvalue weighted by molar-refractivity contribution is 4.82. The molecule has 0 aromatic heterocycles. The predicted octanol–water partition coefficient (Wildman–Crippen LogP) is 2.48. The van der Waals surface area contributed by atoms with Crippen molar-refractivity contribution in [1.29, 1.82) is 0 Å². The van der Waals surface area contributed by atoms with Crippen molar-refractivity contribution in [2.24, 2.45) is 5.92 Å². The fraction of sp³-hybridized carbons (Fsp3) is 0.909. The zero-order valence-corrected chi connectivity index (χ0v) is 7.97. The maximum atomic E-state index is 4.14. The average Bonchev–Trinajstić information content (AvgIpc) is 2.58. The summed E-state index contributed by atoms with van der Waals surface area (Å²) in [5.74, 6) is 0.754. The molecule has 1 radical (unpaired) electrons. The van der Waals surface area contributed by atoms with E-state index in [1.165, 1.54) is 51.6 Å². The van der Waals surface area contributed by atoms with Gasteiger partial charge in [-0.3, -0.25) is 0 Å². The third kappa shape index (κ3) is 1.82. The van der Waals surface area contributed by atoms with Crippen LogP contribution in [0.5, 0.6) is 0 Å². The molecule has 2 aliphatic rings. The summed E-state index contributed by atoms with van der Waals surface area (Å²) >= 11 is 0. The average molecular weight is 166 g/mol. The van der Waals surface area contributed by atoms with Gasteiger partial charge in [-0.15, -0.1) is 0 Å². The van der Waals surface area contributed by atoms with Crippen molar-refractivity contribution < 1.29 is 0 Å². The van der Waals surface area contributed by atoms with Gasteiger partial charge in [0.1, 0.15) is 0 Å². The van der Waals surface area contributed by atoms with Crippen LogP contribution in [0, 0.1) is 12.8 Å². The minimum atomic E-state index is 0.754. The van der Waals surface area contributed by atoms with Gasteiger partial charge in [0.15, 0.2) is 0 Å². The molecule has 1 saturated heterocycles. The largest absolute Gasteiger partial charge is 0.300 e. The van der Waals surface area contributed by atoms with E-state index in [1.54, 1.807) is 0 Å². The Hall–Kier alpha value is -0.0400. The lowest BCUT2D eigenvalue weighted by atomic mass is 9.87. The third-order valence-electron chi connectivity index (χ3n) is 3.47. The van der Waals surface area contributed by atoms with E-state index < -0.39 is 0 Å². The molecule has 1 aliphatic carbocycles. The monoisotopic (exact) mass is 166 g/mol. The van der Waals surface area contributed by atoms with Gasteiger partial charge in [-0.1, -0.05) is 6.92 Å². The van der Waals surface area contributed by atoms with Crippen LogP contribution in [0.15, 0.2) is 0 Å². The Kier molecular flexibility index (Phi) is 2.69. The molecule has 2 fully saturated rings. The predicted molar refractivity (Wildman–Crippen MR) is 51.9 cm³/mol. The first kappa shape index (κ1) is 8.55. The summed E-state index contributed by atoms with van der Waals surface area (Å²) in [7, 11) is 0. The fourth-order valence-electron chi connectivity index (χ4n) is 2.62. The van der Waals surface area contributed by atoms with Gasteiger partial charge in [-0.2, -0.15) is 0 Å². The fourth-order valence-corrected chi connectivity index (χ4v) is 2.62. The van der Waals surface area contributed by atoms with Crippen LogP contribution in [0.1, 0.15) is 38.5 Å². The van der Waals surface area contributed by atoms with E-state index in [0.29, 0.717) is 0 Å². The zero-order chi connectivity index (χ0) is 8.39. The SMILES string of the molecule is [CH2]C1CCC(N2CCCC2)CC1. The smallest absolute Gasteiger partial charge is 0.00954 e. The molecule has 0 aromatic carbocycles. The van der Waals surface area contributed by atoms with Crippen molar-refractivity contribution in [1.82, 2.24) is 4.90 Å². The lowest BCUT2D eigenvalue weighted by Gasteiger charge is -2.33. The van der Waals surface area contributed by atoms with Gasteiger partial charge >= 0.3 is 0 Å². The summed E-state index contributed by atoms with van der Waals surface area (Å²) in [4.78, 5) is 2.70. The Bertz CT molecular complexity index is 130. The molecular weight excluding hydrogens is 146 g/mol. The molecule has 0 amide bonds. The van der Waals surface area contributed by atoms with Crippen LogP contribution in [-0.2, 0) is 0 Å². The first-order valence-electron chi connectivity index (χ1n) is 5.43. The molecule has 69 valence electrons. The van der Waals surface area contributed by atoms with E-state index >= 15 is 0 Å². The van der Waals surface area contributed by atoms with E-state index in [2.05, 4.69) is 11.8 Å². The number of nitrogens with zero attached hydrogens (tertiary/aromatic N) is 1. The van der Waals surface area contributed by atoms with E-state index in [1.807, 2.05) is 0 Å². The number of hydrogen-bond acceptors (Lipinski definition) is 1. The molecule has 0 atom stereocenters. The highest BCUT2D eigenvalue weighted by Gasteiger charge is 2.25. The maximum Gasteiger partial charge on any atom is 0.00954 e. The van der Waals surface area contributed by atoms with Gasteiger partial charge in [0, 0.05) is 6.04 Å². The van der Waals surface area contributed by atoms with Crippen molar-refractivity contribution in [2.75, 3.05) is 13.1 Å². The summed E-state index contributed by atoms with van der Waals surface area (Å²) in [6.45, 7) is 6.88. The summed E-state index contributed by atoms with van der Waals surface area (Å²) in [6, 6.07) is 0.922. The molecule has 0 unspecified atom stereocenters. The van der Waals surface area contributed by atoms with E-state index in [0.717, 1.165) is 12.0 Å². The number of likely N-dealkylation sites (tertiary alicyclic amines) is 1. The number of rotatable bonds is 1. The number of hydrogen-bond donors (Lipinski definition) is 0. The Labute approximate surface area is 76.1 Å². The molecule has 0 spiro atoms. The lowest BCUT2D eigenvalue weighted by Crippen LogP contribution is -2.35. The van der Waals surface area contributed by atoms with Gasteiger partial charge < -0.3 is 4.90 Å². The van der Waals surface area contributed by atoms with Crippen LogP contribution in [0.2, 0.25) is 0 Å². The minimum absolute atomic E-state index is 0.754. The summed E-state index contributed by atoms with van der Waals surface area (Å²) in [5, 5.41) is 0. The van der Waals surface area contributed by atoms with E-state index in [9.17, 15) is 0 Å². The van der Waals surface area contributed by atoms with Crippen LogP contribution in [0.3, 0.4) is 0 Å². The normalized spacial score (nSPS) is 38.8. The molecule has 0 N–H and O–H groups in total. The van der Waals surface area contributed by atoms with Crippen molar-refractivity contribution in [3.05, 3.63) is 6.92 Å². The van der Waals surface area contributed by atoms with Gasteiger partial charge in [0.05, 0.1) is 0 Å². The molecule has 12 heavy (non-hydrogen) atoms. The Morgan fingerprint density at radius 2 is 1.50 bits per heavy atom. The Morgan fingerprint density at radius 1 is 0.917 bits per heavy atom. The van der Waals surface area contributed by atoms with Crippen LogP contribution < -0.4 is 0 Å².